The zero-order valence-electron chi connectivity index (χ0n) is 10.5. The summed E-state index contributed by atoms with van der Waals surface area (Å²) in [5, 5.41) is 38.6. The van der Waals surface area contributed by atoms with Gasteiger partial charge in [-0.25, -0.2) is 0 Å². The first kappa shape index (κ1) is 14.2. The number of benzene rings is 1. The Morgan fingerprint density at radius 1 is 1.16 bits per heavy atom. The van der Waals surface area contributed by atoms with Crippen LogP contribution in [0.4, 0.5) is 0 Å². The topological polar surface area (TPSA) is 99.4 Å². The van der Waals surface area contributed by atoms with Gasteiger partial charge in [0, 0.05) is 6.92 Å². The van der Waals surface area contributed by atoms with Gasteiger partial charge in [0.05, 0.1) is 6.61 Å². The maximum absolute atomic E-state index is 10.0. The average Bonchev–Trinajstić information content (AvgIpc) is 2.42. The Kier molecular flexibility index (Phi) is 4.07. The van der Waals surface area contributed by atoms with Gasteiger partial charge < -0.3 is 29.9 Å². The minimum absolute atomic E-state index is 0.448. The first-order valence-electron chi connectivity index (χ1n) is 6.05. The van der Waals surface area contributed by atoms with Crippen LogP contribution < -0.4 is 4.74 Å². The van der Waals surface area contributed by atoms with Crippen LogP contribution in [0.2, 0.25) is 0 Å². The maximum atomic E-state index is 10.0. The predicted octanol–water partition coefficient (Wildman–Crippen LogP) is -0.745. The highest BCUT2D eigenvalue weighted by Crippen LogP contribution is 2.32. The SMILES string of the molecule is C[C@]1(Oc2ccccc2)O[C@H](CO)[C@@H](O)[C@H](O)[C@H]1O. The van der Waals surface area contributed by atoms with Crippen molar-refractivity contribution in [3.05, 3.63) is 30.3 Å². The second kappa shape index (κ2) is 5.44. The molecule has 4 N–H and O–H groups in total. The third kappa shape index (κ3) is 2.72. The molecule has 0 radical (unpaired) electrons. The van der Waals surface area contributed by atoms with Gasteiger partial charge in [0.2, 0.25) is 5.79 Å². The molecule has 106 valence electrons. The number of hydrogen-bond donors (Lipinski definition) is 4. The third-order valence-corrected chi connectivity index (χ3v) is 3.22. The summed E-state index contributed by atoms with van der Waals surface area (Å²) in [7, 11) is 0. The van der Waals surface area contributed by atoms with Gasteiger partial charge in [0.25, 0.3) is 0 Å². The molecule has 1 aliphatic heterocycles. The molecule has 6 heteroatoms. The lowest BCUT2D eigenvalue weighted by Gasteiger charge is -2.46. The molecule has 1 aromatic rings. The van der Waals surface area contributed by atoms with E-state index in [-0.39, 0.29) is 0 Å². The summed E-state index contributed by atoms with van der Waals surface area (Å²) in [6.07, 6.45) is -5.29. The van der Waals surface area contributed by atoms with E-state index >= 15 is 0 Å². The van der Waals surface area contributed by atoms with Crippen molar-refractivity contribution < 1.29 is 29.9 Å². The normalized spacial score (nSPS) is 39.0. The molecule has 0 amide bonds. The lowest BCUT2D eigenvalue weighted by Crippen LogP contribution is -2.66. The lowest BCUT2D eigenvalue weighted by atomic mass is 9.93. The van der Waals surface area contributed by atoms with Crippen molar-refractivity contribution >= 4 is 0 Å². The van der Waals surface area contributed by atoms with Crippen molar-refractivity contribution in [2.45, 2.75) is 37.1 Å². The number of rotatable bonds is 3. The molecule has 0 aliphatic carbocycles. The van der Waals surface area contributed by atoms with Gasteiger partial charge in [-0.3, -0.25) is 0 Å². The van der Waals surface area contributed by atoms with Crippen LogP contribution in [0.1, 0.15) is 6.92 Å². The van der Waals surface area contributed by atoms with Gasteiger partial charge in [-0.05, 0) is 12.1 Å². The van der Waals surface area contributed by atoms with Gasteiger partial charge >= 0.3 is 0 Å². The van der Waals surface area contributed by atoms with E-state index in [0.29, 0.717) is 5.75 Å². The molecule has 5 atom stereocenters. The van der Waals surface area contributed by atoms with Gasteiger partial charge in [0.15, 0.2) is 0 Å². The second-order valence-electron chi connectivity index (χ2n) is 4.70. The van der Waals surface area contributed by atoms with Gasteiger partial charge in [-0.15, -0.1) is 0 Å². The van der Waals surface area contributed by atoms with Crippen LogP contribution in [0.25, 0.3) is 0 Å². The van der Waals surface area contributed by atoms with Crippen LogP contribution in [-0.4, -0.2) is 57.2 Å². The Balaban J connectivity index is 2.21. The Labute approximate surface area is 110 Å². The molecule has 0 bridgehead atoms. The minimum Gasteiger partial charge on any atom is -0.460 e. The molecule has 0 saturated carbocycles. The number of aliphatic hydroxyl groups is 4. The third-order valence-electron chi connectivity index (χ3n) is 3.22. The van der Waals surface area contributed by atoms with E-state index in [9.17, 15) is 15.3 Å². The van der Waals surface area contributed by atoms with Gasteiger partial charge in [-0.2, -0.15) is 0 Å². The molecule has 2 rings (SSSR count). The second-order valence-corrected chi connectivity index (χ2v) is 4.70. The van der Waals surface area contributed by atoms with Crippen LogP contribution in [-0.2, 0) is 4.74 Å². The quantitative estimate of drug-likeness (QED) is 0.577. The summed E-state index contributed by atoms with van der Waals surface area (Å²) in [6.45, 7) is 0.959. The monoisotopic (exact) mass is 270 g/mol. The van der Waals surface area contributed by atoms with Crippen molar-refractivity contribution in [3.63, 3.8) is 0 Å². The molecule has 1 aromatic carbocycles. The van der Waals surface area contributed by atoms with Crippen molar-refractivity contribution in [2.75, 3.05) is 6.61 Å². The molecule has 1 heterocycles. The Hall–Kier alpha value is -1.18. The number of aliphatic hydroxyl groups excluding tert-OH is 4. The van der Waals surface area contributed by atoms with E-state index in [2.05, 4.69) is 0 Å². The van der Waals surface area contributed by atoms with Crippen LogP contribution >= 0.6 is 0 Å². The lowest BCUT2D eigenvalue weighted by molar-refractivity contribution is -0.329. The standard InChI is InChI=1S/C13H18O6/c1-13(18-8-5-3-2-4-6-8)12(17)11(16)10(15)9(7-14)19-13/h2-6,9-12,14-17H,7H2,1H3/t9-,10-,11+,12-,13+/m1/s1. The summed E-state index contributed by atoms with van der Waals surface area (Å²) in [5.41, 5.74) is 0. The fraction of sp³-hybridized carbons (Fsp3) is 0.538. The highest BCUT2D eigenvalue weighted by atomic mass is 16.7. The van der Waals surface area contributed by atoms with E-state index in [4.69, 9.17) is 14.6 Å². The largest absolute Gasteiger partial charge is 0.460 e. The van der Waals surface area contributed by atoms with Gasteiger partial charge in [0.1, 0.15) is 30.2 Å². The smallest absolute Gasteiger partial charge is 0.236 e. The van der Waals surface area contributed by atoms with E-state index in [1.54, 1.807) is 24.3 Å². The van der Waals surface area contributed by atoms with E-state index in [0.717, 1.165) is 0 Å². The van der Waals surface area contributed by atoms with Crippen LogP contribution in [0.5, 0.6) is 5.75 Å². The average molecular weight is 270 g/mol. The molecule has 0 spiro atoms. The highest BCUT2D eigenvalue weighted by Gasteiger charge is 2.52. The highest BCUT2D eigenvalue weighted by molar-refractivity contribution is 5.22. The summed E-state index contributed by atoms with van der Waals surface area (Å²) < 4.78 is 10.9. The minimum atomic E-state index is -1.55. The Morgan fingerprint density at radius 3 is 2.37 bits per heavy atom. The maximum Gasteiger partial charge on any atom is 0.236 e. The molecule has 1 saturated heterocycles. The predicted molar refractivity (Wildman–Crippen MR) is 65.5 cm³/mol. The van der Waals surface area contributed by atoms with Crippen molar-refractivity contribution in [1.82, 2.24) is 0 Å². The molecular formula is C13H18O6. The van der Waals surface area contributed by atoms with E-state index < -0.39 is 36.8 Å². The van der Waals surface area contributed by atoms with E-state index in [1.807, 2.05) is 6.07 Å². The number of para-hydroxylation sites is 1. The van der Waals surface area contributed by atoms with Crippen molar-refractivity contribution in [3.8, 4) is 5.75 Å². The Bertz CT molecular complexity index is 409. The molecular weight excluding hydrogens is 252 g/mol. The summed E-state index contributed by atoms with van der Waals surface area (Å²) in [4.78, 5) is 0. The van der Waals surface area contributed by atoms with Crippen LogP contribution in [0, 0.1) is 0 Å². The molecule has 0 aromatic heterocycles. The summed E-state index contributed by atoms with van der Waals surface area (Å²) >= 11 is 0. The fourth-order valence-electron chi connectivity index (χ4n) is 2.11. The zero-order valence-corrected chi connectivity index (χ0v) is 10.5. The molecule has 19 heavy (non-hydrogen) atoms. The first-order chi connectivity index (χ1) is 8.98. The van der Waals surface area contributed by atoms with Crippen LogP contribution in [0.15, 0.2) is 30.3 Å². The van der Waals surface area contributed by atoms with Crippen molar-refractivity contribution in [2.24, 2.45) is 0 Å². The Morgan fingerprint density at radius 2 is 1.79 bits per heavy atom. The molecule has 6 nitrogen and oxygen atoms in total. The van der Waals surface area contributed by atoms with Crippen LogP contribution in [0.3, 0.4) is 0 Å². The zero-order chi connectivity index (χ0) is 14.0. The van der Waals surface area contributed by atoms with Gasteiger partial charge in [-0.1, -0.05) is 18.2 Å². The summed E-state index contributed by atoms with van der Waals surface area (Å²) in [5.74, 6) is -1.10. The first-order valence-corrected chi connectivity index (χ1v) is 6.05. The van der Waals surface area contributed by atoms with Crippen molar-refractivity contribution in [1.29, 1.82) is 0 Å². The molecule has 0 unspecified atom stereocenters. The number of hydrogen-bond acceptors (Lipinski definition) is 6. The molecule has 1 fully saturated rings. The van der Waals surface area contributed by atoms with E-state index in [1.165, 1.54) is 6.92 Å². The summed E-state index contributed by atoms with van der Waals surface area (Å²) in [6, 6.07) is 8.66. The molecule has 1 aliphatic rings. The number of ether oxygens (including phenoxy) is 2. The fourth-order valence-corrected chi connectivity index (χ4v) is 2.11.